The summed E-state index contributed by atoms with van der Waals surface area (Å²) < 4.78 is 0. The zero-order valence-electron chi connectivity index (χ0n) is 12.2. The molecule has 2 aliphatic rings. The van der Waals surface area contributed by atoms with Crippen LogP contribution < -0.4 is 0 Å². The van der Waals surface area contributed by atoms with Crippen molar-refractivity contribution in [1.29, 1.82) is 0 Å². The number of nitrogens with one attached hydrogen (secondary N) is 1. The van der Waals surface area contributed by atoms with Crippen LogP contribution in [0.2, 0.25) is 0 Å². The molecule has 2 atom stereocenters. The lowest BCUT2D eigenvalue weighted by molar-refractivity contribution is 0.240. The van der Waals surface area contributed by atoms with E-state index < -0.39 is 0 Å². The van der Waals surface area contributed by atoms with Crippen LogP contribution in [0.5, 0.6) is 0 Å². The molecule has 0 spiro atoms. The molecule has 0 amide bonds. The van der Waals surface area contributed by atoms with Gasteiger partial charge in [-0.1, -0.05) is 43.2 Å². The first-order valence-corrected chi connectivity index (χ1v) is 7.94. The Bertz CT molecular complexity index is 615. The molecule has 2 heterocycles. The van der Waals surface area contributed by atoms with Gasteiger partial charge in [0.15, 0.2) is 0 Å². The summed E-state index contributed by atoms with van der Waals surface area (Å²) in [6.07, 6.45) is 7.15. The van der Waals surface area contributed by atoms with E-state index in [1.54, 1.807) is 0 Å². The molecule has 2 aromatic rings. The molecule has 0 unspecified atom stereocenters. The van der Waals surface area contributed by atoms with E-state index in [1.165, 1.54) is 31.2 Å². The summed E-state index contributed by atoms with van der Waals surface area (Å²) in [4.78, 5) is 10.9. The molecule has 1 aromatic heterocycles. The first-order chi connectivity index (χ1) is 10.4. The van der Waals surface area contributed by atoms with Gasteiger partial charge in [-0.25, -0.2) is 0 Å². The zero-order chi connectivity index (χ0) is 14.1. The Morgan fingerprint density at radius 3 is 2.71 bits per heavy atom. The second kappa shape index (κ2) is 5.40. The van der Waals surface area contributed by atoms with E-state index in [0.717, 1.165) is 18.1 Å². The average Bonchev–Trinajstić information content (AvgIpc) is 3.16. The Labute approximate surface area is 125 Å². The maximum atomic E-state index is 5.04. The molecule has 0 saturated heterocycles. The second-order valence-electron chi connectivity index (χ2n) is 6.07. The molecule has 1 fully saturated rings. The topological polar surface area (TPSA) is 31.4 Å². The number of aromatic amines is 1. The van der Waals surface area contributed by atoms with Gasteiger partial charge in [0.05, 0.1) is 17.8 Å². The number of amidine groups is 1. The van der Waals surface area contributed by atoms with Gasteiger partial charge in [-0.2, -0.15) is 0 Å². The SMILES string of the molecule is c1ccc(CN2C(c3ccc[nH]3)=N[C@@H]3CCCC[C@H]32)cc1. The number of hydrogen-bond acceptors (Lipinski definition) is 2. The molecule has 21 heavy (non-hydrogen) atoms. The van der Waals surface area contributed by atoms with Gasteiger partial charge in [0.25, 0.3) is 0 Å². The van der Waals surface area contributed by atoms with Gasteiger partial charge in [0.1, 0.15) is 5.84 Å². The molecule has 3 nitrogen and oxygen atoms in total. The first kappa shape index (κ1) is 12.7. The number of benzene rings is 1. The normalized spacial score (nSPS) is 24.8. The van der Waals surface area contributed by atoms with E-state index in [4.69, 9.17) is 4.99 Å². The van der Waals surface area contributed by atoms with Crippen LogP contribution in [0.3, 0.4) is 0 Å². The Morgan fingerprint density at radius 2 is 1.90 bits per heavy atom. The Hall–Kier alpha value is -2.03. The molecule has 0 radical (unpaired) electrons. The van der Waals surface area contributed by atoms with Crippen molar-refractivity contribution in [3.05, 3.63) is 59.9 Å². The molecule has 1 aromatic carbocycles. The van der Waals surface area contributed by atoms with E-state index >= 15 is 0 Å². The monoisotopic (exact) mass is 279 g/mol. The van der Waals surface area contributed by atoms with Crippen molar-refractivity contribution in [3.63, 3.8) is 0 Å². The molecule has 4 rings (SSSR count). The lowest BCUT2D eigenvalue weighted by Gasteiger charge is -2.33. The van der Waals surface area contributed by atoms with Crippen molar-refractivity contribution >= 4 is 5.84 Å². The largest absolute Gasteiger partial charge is 0.359 e. The van der Waals surface area contributed by atoms with E-state index in [2.05, 4.69) is 52.3 Å². The smallest absolute Gasteiger partial charge is 0.148 e. The van der Waals surface area contributed by atoms with Crippen LogP contribution in [-0.4, -0.2) is 27.8 Å². The lowest BCUT2D eigenvalue weighted by atomic mass is 9.90. The third-order valence-corrected chi connectivity index (χ3v) is 4.69. The summed E-state index contributed by atoms with van der Waals surface area (Å²) in [7, 11) is 0. The van der Waals surface area contributed by atoms with Crippen LogP contribution in [0, 0.1) is 0 Å². The number of rotatable bonds is 3. The molecule has 3 heteroatoms. The van der Waals surface area contributed by atoms with Gasteiger partial charge < -0.3 is 9.88 Å². The van der Waals surface area contributed by atoms with Crippen LogP contribution in [-0.2, 0) is 6.54 Å². The summed E-state index contributed by atoms with van der Waals surface area (Å²) in [5.41, 5.74) is 2.52. The van der Waals surface area contributed by atoms with Crippen LogP contribution in [0.1, 0.15) is 36.9 Å². The van der Waals surface area contributed by atoms with Crippen molar-refractivity contribution in [2.75, 3.05) is 0 Å². The quantitative estimate of drug-likeness (QED) is 0.914. The molecular formula is C18H21N3. The Morgan fingerprint density at radius 1 is 1.05 bits per heavy atom. The molecule has 108 valence electrons. The van der Waals surface area contributed by atoms with Gasteiger partial charge in [0.2, 0.25) is 0 Å². The Kier molecular flexibility index (Phi) is 3.26. The standard InChI is InChI=1S/C18H21N3/c1-2-7-14(8-3-1)13-21-17-11-5-4-9-15(17)20-18(21)16-10-6-12-19-16/h1-3,6-8,10,12,15,17,19H,4-5,9,11,13H2/t15-,17-/m1/s1. The third-order valence-electron chi connectivity index (χ3n) is 4.69. The predicted molar refractivity (Wildman–Crippen MR) is 85.4 cm³/mol. The van der Waals surface area contributed by atoms with Gasteiger partial charge in [-0.3, -0.25) is 4.99 Å². The van der Waals surface area contributed by atoms with Crippen LogP contribution in [0.4, 0.5) is 0 Å². The highest BCUT2D eigenvalue weighted by atomic mass is 15.3. The fraction of sp³-hybridized carbons (Fsp3) is 0.389. The predicted octanol–water partition coefficient (Wildman–Crippen LogP) is 3.59. The van der Waals surface area contributed by atoms with E-state index in [9.17, 15) is 0 Å². The summed E-state index contributed by atoms with van der Waals surface area (Å²) in [5, 5.41) is 0. The molecule has 0 bridgehead atoms. The van der Waals surface area contributed by atoms with Gasteiger partial charge in [-0.05, 0) is 30.5 Å². The molecule has 1 saturated carbocycles. The minimum absolute atomic E-state index is 0.487. The highest BCUT2D eigenvalue weighted by molar-refractivity contribution is 5.98. The van der Waals surface area contributed by atoms with E-state index in [1.807, 2.05) is 6.20 Å². The average molecular weight is 279 g/mol. The van der Waals surface area contributed by atoms with Gasteiger partial charge in [-0.15, -0.1) is 0 Å². The number of fused-ring (bicyclic) bond motifs is 1. The van der Waals surface area contributed by atoms with E-state index in [-0.39, 0.29) is 0 Å². The molecule has 1 aliphatic heterocycles. The number of H-pyrrole nitrogens is 1. The van der Waals surface area contributed by atoms with Crippen molar-refractivity contribution in [1.82, 2.24) is 9.88 Å². The summed E-state index contributed by atoms with van der Waals surface area (Å²) in [5.74, 6) is 1.15. The van der Waals surface area contributed by atoms with Crippen molar-refractivity contribution in [2.24, 2.45) is 4.99 Å². The minimum atomic E-state index is 0.487. The lowest BCUT2D eigenvalue weighted by Crippen LogP contribution is -2.41. The maximum Gasteiger partial charge on any atom is 0.148 e. The zero-order valence-corrected chi connectivity index (χ0v) is 12.2. The number of nitrogens with zero attached hydrogens (tertiary/aromatic N) is 2. The van der Waals surface area contributed by atoms with Crippen LogP contribution in [0.25, 0.3) is 0 Å². The minimum Gasteiger partial charge on any atom is -0.359 e. The third kappa shape index (κ3) is 2.37. The van der Waals surface area contributed by atoms with Gasteiger partial charge >= 0.3 is 0 Å². The molecule has 1 N–H and O–H groups in total. The fourth-order valence-corrected chi connectivity index (χ4v) is 3.66. The molecule has 1 aliphatic carbocycles. The van der Waals surface area contributed by atoms with E-state index in [0.29, 0.717) is 12.1 Å². The highest BCUT2D eigenvalue weighted by Crippen LogP contribution is 2.33. The summed E-state index contributed by atoms with van der Waals surface area (Å²) >= 11 is 0. The van der Waals surface area contributed by atoms with Crippen molar-refractivity contribution in [2.45, 2.75) is 44.3 Å². The van der Waals surface area contributed by atoms with Gasteiger partial charge in [0, 0.05) is 12.7 Å². The van der Waals surface area contributed by atoms with Crippen LogP contribution >= 0.6 is 0 Å². The number of hydrogen-bond donors (Lipinski definition) is 1. The Balaban J connectivity index is 1.66. The van der Waals surface area contributed by atoms with Crippen molar-refractivity contribution in [3.8, 4) is 0 Å². The van der Waals surface area contributed by atoms with Crippen molar-refractivity contribution < 1.29 is 0 Å². The number of aromatic nitrogens is 1. The summed E-state index contributed by atoms with van der Waals surface area (Å²) in [6, 6.07) is 16.0. The molecular weight excluding hydrogens is 258 g/mol. The maximum absolute atomic E-state index is 5.04. The fourth-order valence-electron chi connectivity index (χ4n) is 3.66. The number of aliphatic imine (C=N–C) groups is 1. The second-order valence-corrected chi connectivity index (χ2v) is 6.07. The van der Waals surface area contributed by atoms with Crippen LogP contribution in [0.15, 0.2) is 53.7 Å². The summed E-state index contributed by atoms with van der Waals surface area (Å²) in [6.45, 7) is 0.958. The highest BCUT2D eigenvalue weighted by Gasteiger charge is 2.38. The first-order valence-electron chi connectivity index (χ1n) is 7.94.